The lowest BCUT2D eigenvalue weighted by Crippen LogP contribution is -2.51. The van der Waals surface area contributed by atoms with E-state index in [9.17, 15) is 14.0 Å². The number of anilines is 1. The van der Waals surface area contributed by atoms with Gasteiger partial charge in [0, 0.05) is 38.3 Å². The summed E-state index contributed by atoms with van der Waals surface area (Å²) in [5.41, 5.74) is 0.568. The van der Waals surface area contributed by atoms with Crippen LogP contribution in [0, 0.1) is 17.7 Å². The highest BCUT2D eigenvalue weighted by molar-refractivity contribution is 5.89. The van der Waals surface area contributed by atoms with Gasteiger partial charge in [0.1, 0.15) is 5.82 Å². The van der Waals surface area contributed by atoms with Gasteiger partial charge in [0.15, 0.2) is 0 Å². The van der Waals surface area contributed by atoms with Crippen molar-refractivity contribution >= 4 is 17.6 Å². The first-order valence-corrected chi connectivity index (χ1v) is 8.62. The highest BCUT2D eigenvalue weighted by Gasteiger charge is 2.31. The molecule has 1 N–H and O–H groups in total. The molecule has 0 bridgehead atoms. The Morgan fingerprint density at radius 3 is 2.29 bits per heavy atom. The van der Waals surface area contributed by atoms with E-state index in [4.69, 9.17) is 0 Å². The molecule has 3 amide bonds. The Morgan fingerprint density at radius 2 is 1.71 bits per heavy atom. The summed E-state index contributed by atoms with van der Waals surface area (Å²) in [6, 6.07) is 5.49. The number of nitrogens with one attached hydrogen (secondary N) is 1. The van der Waals surface area contributed by atoms with Gasteiger partial charge < -0.3 is 15.1 Å². The van der Waals surface area contributed by atoms with Gasteiger partial charge in [-0.15, -0.1) is 0 Å². The zero-order valence-electron chi connectivity index (χ0n) is 14.0. The summed E-state index contributed by atoms with van der Waals surface area (Å²) < 4.78 is 12.9. The highest BCUT2D eigenvalue weighted by Crippen LogP contribution is 2.38. The molecule has 1 aromatic rings. The second-order valence-corrected chi connectivity index (χ2v) is 6.82. The molecule has 130 valence electrons. The molecule has 1 aliphatic heterocycles. The SMILES string of the molecule is C[C@H](CC(=O)N1CCN(C(=O)Nc2ccc(F)cc2)CC1)C1CC1. The predicted octanol–water partition coefficient (Wildman–Crippen LogP) is 2.94. The monoisotopic (exact) mass is 333 g/mol. The lowest BCUT2D eigenvalue weighted by Gasteiger charge is -2.35. The van der Waals surface area contributed by atoms with Crippen LogP contribution in [0.25, 0.3) is 0 Å². The molecular weight excluding hydrogens is 309 g/mol. The Kier molecular flexibility index (Phi) is 5.02. The third-order valence-corrected chi connectivity index (χ3v) is 4.94. The van der Waals surface area contributed by atoms with Crippen molar-refractivity contribution < 1.29 is 14.0 Å². The van der Waals surface area contributed by atoms with Crippen LogP contribution in [0.5, 0.6) is 0 Å². The molecule has 0 radical (unpaired) electrons. The van der Waals surface area contributed by atoms with Gasteiger partial charge in [-0.2, -0.15) is 0 Å². The molecule has 3 rings (SSSR count). The quantitative estimate of drug-likeness (QED) is 0.921. The number of hydrogen-bond donors (Lipinski definition) is 1. The Labute approximate surface area is 141 Å². The van der Waals surface area contributed by atoms with Crippen molar-refractivity contribution in [3.63, 3.8) is 0 Å². The van der Waals surface area contributed by atoms with Crippen molar-refractivity contribution in [1.82, 2.24) is 9.80 Å². The summed E-state index contributed by atoms with van der Waals surface area (Å²) in [6.07, 6.45) is 3.13. The summed E-state index contributed by atoms with van der Waals surface area (Å²) in [5.74, 6) is 1.07. The minimum Gasteiger partial charge on any atom is -0.339 e. The fraction of sp³-hybridized carbons (Fsp3) is 0.556. The summed E-state index contributed by atoms with van der Waals surface area (Å²) in [6.45, 7) is 4.36. The number of piperazine rings is 1. The van der Waals surface area contributed by atoms with Crippen molar-refractivity contribution in [2.24, 2.45) is 11.8 Å². The van der Waals surface area contributed by atoms with Crippen molar-refractivity contribution in [2.75, 3.05) is 31.5 Å². The largest absolute Gasteiger partial charge is 0.339 e. The fourth-order valence-electron chi connectivity index (χ4n) is 3.13. The Morgan fingerprint density at radius 1 is 1.12 bits per heavy atom. The topological polar surface area (TPSA) is 52.7 Å². The number of halogens is 1. The number of rotatable bonds is 4. The van der Waals surface area contributed by atoms with E-state index >= 15 is 0 Å². The minimum atomic E-state index is -0.333. The van der Waals surface area contributed by atoms with Gasteiger partial charge in [-0.3, -0.25) is 4.79 Å². The molecule has 1 heterocycles. The van der Waals surface area contributed by atoms with Gasteiger partial charge in [0.05, 0.1) is 0 Å². The Bertz CT molecular complexity index is 593. The van der Waals surface area contributed by atoms with E-state index in [0.29, 0.717) is 44.2 Å². The minimum absolute atomic E-state index is 0.202. The number of carbonyl (C=O) groups is 2. The Hall–Kier alpha value is -2.11. The zero-order valence-corrected chi connectivity index (χ0v) is 14.0. The van der Waals surface area contributed by atoms with Crippen molar-refractivity contribution in [2.45, 2.75) is 26.2 Å². The van der Waals surface area contributed by atoms with Crippen LogP contribution in [0.1, 0.15) is 26.2 Å². The number of amides is 3. The molecule has 1 aliphatic carbocycles. The van der Waals surface area contributed by atoms with E-state index in [1.807, 2.05) is 4.90 Å². The molecule has 1 saturated carbocycles. The molecular formula is C18H24FN3O2. The van der Waals surface area contributed by atoms with Crippen LogP contribution in [0.4, 0.5) is 14.9 Å². The number of benzene rings is 1. The van der Waals surface area contributed by atoms with E-state index in [2.05, 4.69) is 12.2 Å². The molecule has 5 nitrogen and oxygen atoms in total. The van der Waals surface area contributed by atoms with E-state index in [-0.39, 0.29) is 17.8 Å². The molecule has 2 fully saturated rings. The summed E-state index contributed by atoms with van der Waals surface area (Å²) in [5, 5.41) is 2.76. The van der Waals surface area contributed by atoms with Crippen LogP contribution in [-0.2, 0) is 4.79 Å². The Balaban J connectivity index is 1.44. The smallest absolute Gasteiger partial charge is 0.321 e. The molecule has 1 aromatic carbocycles. The van der Waals surface area contributed by atoms with Crippen LogP contribution in [0.2, 0.25) is 0 Å². The normalized spacial score (nSPS) is 19.1. The van der Waals surface area contributed by atoms with Crippen molar-refractivity contribution in [1.29, 1.82) is 0 Å². The number of hydrogen-bond acceptors (Lipinski definition) is 2. The number of carbonyl (C=O) groups excluding carboxylic acids is 2. The molecule has 1 saturated heterocycles. The summed E-state index contributed by atoms with van der Waals surface area (Å²) >= 11 is 0. The zero-order chi connectivity index (χ0) is 17.1. The predicted molar refractivity (Wildman–Crippen MR) is 90.1 cm³/mol. The number of nitrogens with zero attached hydrogens (tertiary/aromatic N) is 2. The summed E-state index contributed by atoms with van der Waals surface area (Å²) in [7, 11) is 0. The first-order valence-electron chi connectivity index (χ1n) is 8.62. The maximum atomic E-state index is 12.9. The molecule has 24 heavy (non-hydrogen) atoms. The second kappa shape index (κ2) is 7.20. The van der Waals surface area contributed by atoms with Gasteiger partial charge in [-0.1, -0.05) is 6.92 Å². The maximum Gasteiger partial charge on any atom is 0.321 e. The third-order valence-electron chi connectivity index (χ3n) is 4.94. The first-order chi connectivity index (χ1) is 11.5. The van der Waals surface area contributed by atoms with Gasteiger partial charge in [0.2, 0.25) is 5.91 Å². The van der Waals surface area contributed by atoms with Gasteiger partial charge >= 0.3 is 6.03 Å². The van der Waals surface area contributed by atoms with Crippen LogP contribution in [-0.4, -0.2) is 47.9 Å². The average Bonchev–Trinajstić information content (AvgIpc) is 3.42. The molecule has 0 spiro atoms. The lowest BCUT2D eigenvalue weighted by atomic mass is 10.0. The van der Waals surface area contributed by atoms with E-state index < -0.39 is 0 Å². The molecule has 6 heteroatoms. The second-order valence-electron chi connectivity index (χ2n) is 6.82. The van der Waals surface area contributed by atoms with E-state index in [0.717, 1.165) is 5.92 Å². The summed E-state index contributed by atoms with van der Waals surface area (Å²) in [4.78, 5) is 28.1. The maximum absolute atomic E-state index is 12.9. The van der Waals surface area contributed by atoms with Gasteiger partial charge in [0.25, 0.3) is 0 Å². The highest BCUT2D eigenvalue weighted by atomic mass is 19.1. The molecule has 0 aromatic heterocycles. The van der Waals surface area contributed by atoms with Crippen LogP contribution in [0.15, 0.2) is 24.3 Å². The third kappa shape index (κ3) is 4.24. The fourth-order valence-corrected chi connectivity index (χ4v) is 3.13. The molecule has 0 unspecified atom stereocenters. The lowest BCUT2D eigenvalue weighted by molar-refractivity contribution is -0.133. The van der Waals surface area contributed by atoms with Crippen LogP contribution in [0.3, 0.4) is 0 Å². The van der Waals surface area contributed by atoms with Gasteiger partial charge in [-0.25, -0.2) is 9.18 Å². The van der Waals surface area contributed by atoms with E-state index in [1.54, 1.807) is 4.90 Å². The standard InChI is InChI=1S/C18H24FN3O2/c1-13(14-2-3-14)12-17(23)21-8-10-22(11-9-21)18(24)20-16-6-4-15(19)5-7-16/h4-7,13-14H,2-3,8-12H2,1H3,(H,20,24)/t13-/m1/s1. The first kappa shape index (κ1) is 16.7. The van der Waals surface area contributed by atoms with Crippen LogP contribution >= 0.6 is 0 Å². The molecule has 1 atom stereocenters. The van der Waals surface area contributed by atoms with Crippen molar-refractivity contribution in [3.05, 3.63) is 30.1 Å². The molecule has 2 aliphatic rings. The number of urea groups is 1. The average molecular weight is 333 g/mol. The van der Waals surface area contributed by atoms with Crippen LogP contribution < -0.4 is 5.32 Å². The van der Waals surface area contributed by atoms with E-state index in [1.165, 1.54) is 37.1 Å². The van der Waals surface area contributed by atoms with Crippen molar-refractivity contribution in [3.8, 4) is 0 Å². The van der Waals surface area contributed by atoms with Gasteiger partial charge in [-0.05, 0) is 48.9 Å².